The molecule has 0 unspecified atom stereocenters. The van der Waals surface area contributed by atoms with Gasteiger partial charge in [0.1, 0.15) is 0 Å². The van der Waals surface area contributed by atoms with Crippen LogP contribution in [-0.2, 0) is 0 Å². The van der Waals surface area contributed by atoms with Gasteiger partial charge < -0.3 is 5.11 Å². The lowest BCUT2D eigenvalue weighted by Crippen LogP contribution is -2.38. The molecule has 2 aromatic carbocycles. The van der Waals surface area contributed by atoms with E-state index in [4.69, 9.17) is 0 Å². The number of rotatable bonds is 3. The van der Waals surface area contributed by atoms with Crippen LogP contribution in [0, 0.1) is 0 Å². The molecule has 0 radical (unpaired) electrons. The highest BCUT2D eigenvalue weighted by molar-refractivity contribution is 7.98. The molecule has 0 amide bonds. The topological polar surface area (TPSA) is 82.9 Å². The lowest BCUT2D eigenvalue weighted by molar-refractivity contribution is -0.593. The lowest BCUT2D eigenvalue weighted by atomic mass is 10.1. The van der Waals surface area contributed by atoms with E-state index in [2.05, 4.69) is 15.1 Å². The van der Waals surface area contributed by atoms with Gasteiger partial charge in [-0.2, -0.15) is 0 Å². The zero-order chi connectivity index (χ0) is 17.4. The predicted molar refractivity (Wildman–Crippen MR) is 91.6 cm³/mol. The molecule has 0 aliphatic heterocycles. The number of carbonyl (C=O) groups excluding carboxylic acids is 1. The Bertz CT molecular complexity index is 1120. The molecule has 122 valence electrons. The van der Waals surface area contributed by atoms with Crippen LogP contribution in [0.1, 0.15) is 16.2 Å². The summed E-state index contributed by atoms with van der Waals surface area (Å²) in [5.74, 6) is -0.638. The number of carbonyl (C=O) groups is 1. The standard InChI is InChI=1S/C18H12N4O2S/c1-25-18-20-17(24)14-12-9-5-6-10-13(12)19-16(22(14)21-18)15(23)11-7-3-2-4-8-11/h2-10H,1H3. The minimum Gasteiger partial charge on any atom is -0.856 e. The van der Waals surface area contributed by atoms with Gasteiger partial charge in [0.25, 0.3) is 5.78 Å². The minimum absolute atomic E-state index is 0.0923. The highest BCUT2D eigenvalue weighted by Gasteiger charge is 2.27. The van der Waals surface area contributed by atoms with Gasteiger partial charge in [0.2, 0.25) is 5.16 Å². The minimum atomic E-state index is -0.430. The first kappa shape index (κ1) is 15.5. The molecule has 2 heterocycles. The number of aromatic nitrogens is 4. The van der Waals surface area contributed by atoms with E-state index < -0.39 is 5.88 Å². The molecule has 0 bridgehead atoms. The molecule has 0 spiro atoms. The molecule has 0 N–H and O–H groups in total. The molecule has 2 aromatic heterocycles. The Morgan fingerprint density at radius 2 is 1.76 bits per heavy atom. The van der Waals surface area contributed by atoms with Gasteiger partial charge in [-0.05, 0) is 28.5 Å². The Kier molecular flexibility index (Phi) is 3.77. The summed E-state index contributed by atoms with van der Waals surface area (Å²) >= 11 is 1.24. The van der Waals surface area contributed by atoms with E-state index in [1.807, 2.05) is 18.2 Å². The van der Waals surface area contributed by atoms with Crippen molar-refractivity contribution in [2.45, 2.75) is 5.16 Å². The summed E-state index contributed by atoms with van der Waals surface area (Å²) < 4.78 is 1.32. The van der Waals surface area contributed by atoms with Crippen LogP contribution in [0.25, 0.3) is 16.4 Å². The molecule has 0 atom stereocenters. The van der Waals surface area contributed by atoms with Crippen LogP contribution in [0.4, 0.5) is 0 Å². The molecular weight excluding hydrogens is 336 g/mol. The summed E-state index contributed by atoms with van der Waals surface area (Å²) in [7, 11) is 0. The van der Waals surface area contributed by atoms with Crippen LogP contribution in [0.3, 0.4) is 0 Å². The summed E-state index contributed by atoms with van der Waals surface area (Å²) in [5.41, 5.74) is 1.29. The first-order valence-corrected chi connectivity index (χ1v) is 8.75. The van der Waals surface area contributed by atoms with Gasteiger partial charge in [0.05, 0.1) is 5.39 Å². The molecule has 0 fully saturated rings. The van der Waals surface area contributed by atoms with E-state index in [1.54, 1.807) is 42.7 Å². The Hall–Kier alpha value is -3.06. The van der Waals surface area contributed by atoms with Crippen molar-refractivity contribution in [3.05, 3.63) is 66.0 Å². The summed E-state index contributed by atoms with van der Waals surface area (Å²) in [4.78, 5) is 21.4. The van der Waals surface area contributed by atoms with Crippen molar-refractivity contribution in [3.8, 4) is 5.88 Å². The highest BCUT2D eigenvalue weighted by Crippen LogP contribution is 2.22. The van der Waals surface area contributed by atoms with Crippen molar-refractivity contribution in [1.29, 1.82) is 0 Å². The van der Waals surface area contributed by atoms with Crippen molar-refractivity contribution in [2.75, 3.05) is 6.26 Å². The van der Waals surface area contributed by atoms with E-state index in [1.165, 1.54) is 16.3 Å². The number of nitrogens with zero attached hydrogens (tertiary/aromatic N) is 4. The van der Waals surface area contributed by atoms with Crippen molar-refractivity contribution < 1.29 is 14.4 Å². The van der Waals surface area contributed by atoms with Crippen molar-refractivity contribution in [2.24, 2.45) is 0 Å². The van der Waals surface area contributed by atoms with Gasteiger partial charge in [-0.1, -0.05) is 58.7 Å². The molecule has 7 heteroatoms. The van der Waals surface area contributed by atoms with Gasteiger partial charge in [-0.15, -0.1) is 0 Å². The van der Waals surface area contributed by atoms with Gasteiger partial charge in [0, 0.05) is 11.4 Å². The van der Waals surface area contributed by atoms with Crippen molar-refractivity contribution in [1.82, 2.24) is 15.1 Å². The van der Waals surface area contributed by atoms with Crippen LogP contribution in [0.5, 0.6) is 5.88 Å². The second-order valence-corrected chi connectivity index (χ2v) is 6.09. The number of fused-ring (bicyclic) bond motifs is 3. The first-order valence-electron chi connectivity index (χ1n) is 7.52. The fraction of sp³-hybridized carbons (Fsp3) is 0.0556. The van der Waals surface area contributed by atoms with E-state index in [9.17, 15) is 9.90 Å². The molecule has 6 nitrogen and oxygen atoms in total. The van der Waals surface area contributed by atoms with Crippen LogP contribution in [-0.4, -0.2) is 27.1 Å². The predicted octanol–water partition coefficient (Wildman–Crippen LogP) is 1.79. The lowest BCUT2D eigenvalue weighted by Gasteiger charge is -2.09. The molecule has 0 aliphatic carbocycles. The molecule has 0 saturated heterocycles. The zero-order valence-electron chi connectivity index (χ0n) is 13.2. The Morgan fingerprint density at radius 1 is 1.04 bits per heavy atom. The average molecular weight is 348 g/mol. The van der Waals surface area contributed by atoms with Crippen LogP contribution < -0.4 is 9.62 Å². The summed E-state index contributed by atoms with van der Waals surface area (Å²) in [6.07, 6.45) is 1.77. The molecule has 4 aromatic rings. The van der Waals surface area contributed by atoms with E-state index in [0.29, 0.717) is 21.6 Å². The number of para-hydroxylation sites is 1. The monoisotopic (exact) mass is 348 g/mol. The summed E-state index contributed by atoms with van der Waals surface area (Å²) in [5, 5.41) is 17.8. The maximum absolute atomic E-state index is 13.0. The van der Waals surface area contributed by atoms with Crippen LogP contribution in [0.2, 0.25) is 0 Å². The fourth-order valence-corrected chi connectivity index (χ4v) is 2.99. The number of thioether (sulfide) groups is 1. The van der Waals surface area contributed by atoms with E-state index >= 15 is 0 Å². The van der Waals surface area contributed by atoms with Crippen molar-refractivity contribution >= 4 is 34.0 Å². The number of benzene rings is 2. The molecule has 0 aliphatic rings. The third kappa shape index (κ3) is 2.58. The SMILES string of the molecule is CSc1nc([O-])c2c3ccccc3nc(C(=O)c3ccccc3)[n+]2n1. The maximum atomic E-state index is 13.0. The largest absolute Gasteiger partial charge is 0.856 e. The molecule has 25 heavy (non-hydrogen) atoms. The summed E-state index contributed by atoms with van der Waals surface area (Å²) in [6.45, 7) is 0. The third-order valence-electron chi connectivity index (χ3n) is 3.80. The maximum Gasteiger partial charge on any atom is 0.398 e. The van der Waals surface area contributed by atoms with Gasteiger partial charge >= 0.3 is 5.82 Å². The quantitative estimate of drug-likeness (QED) is 0.243. The van der Waals surface area contributed by atoms with Gasteiger partial charge in [-0.3, -0.25) is 4.79 Å². The highest BCUT2D eigenvalue weighted by atomic mass is 32.2. The third-order valence-corrected chi connectivity index (χ3v) is 4.34. The van der Waals surface area contributed by atoms with Gasteiger partial charge in [-0.25, -0.2) is 4.98 Å². The molecule has 0 saturated carbocycles. The Morgan fingerprint density at radius 3 is 2.52 bits per heavy atom. The summed E-state index contributed by atoms with van der Waals surface area (Å²) in [6, 6.07) is 16.0. The van der Waals surface area contributed by atoms with Crippen LogP contribution in [0.15, 0.2) is 59.8 Å². The number of hydrogen-bond acceptors (Lipinski definition) is 6. The number of hydrogen-bond donors (Lipinski definition) is 0. The zero-order valence-corrected chi connectivity index (χ0v) is 14.0. The normalized spacial score (nSPS) is 11.1. The van der Waals surface area contributed by atoms with Gasteiger partial charge in [0.15, 0.2) is 11.0 Å². The molecular formula is C18H12N4O2S. The average Bonchev–Trinajstić information content (AvgIpc) is 2.67. The molecule has 4 rings (SSSR count). The number of ketones is 1. The Balaban J connectivity index is 2.11. The first-order chi connectivity index (χ1) is 12.2. The van der Waals surface area contributed by atoms with E-state index in [-0.39, 0.29) is 17.1 Å². The Labute approximate surface area is 147 Å². The second-order valence-electron chi connectivity index (χ2n) is 5.31. The second kappa shape index (κ2) is 6.10. The fourth-order valence-electron chi connectivity index (χ4n) is 2.66. The smallest absolute Gasteiger partial charge is 0.398 e. The van der Waals surface area contributed by atoms with Crippen molar-refractivity contribution in [3.63, 3.8) is 0 Å². The van der Waals surface area contributed by atoms with Crippen LogP contribution >= 0.6 is 11.8 Å². The van der Waals surface area contributed by atoms with E-state index in [0.717, 1.165) is 0 Å².